The smallest absolute Gasteiger partial charge is 0.346 e. The van der Waals surface area contributed by atoms with Crippen molar-refractivity contribution in [3.8, 4) is 24.7 Å². The Morgan fingerprint density at radius 2 is 1.33 bits per heavy atom. The van der Waals surface area contributed by atoms with Gasteiger partial charge in [-0.1, -0.05) is 11.8 Å². The Morgan fingerprint density at radius 1 is 0.933 bits per heavy atom. The van der Waals surface area contributed by atoms with Crippen molar-refractivity contribution in [1.82, 2.24) is 0 Å². The predicted octanol–water partition coefficient (Wildman–Crippen LogP) is 0.960. The molecule has 0 saturated heterocycles. The summed E-state index contributed by atoms with van der Waals surface area (Å²) < 4.78 is 4.42. The monoisotopic (exact) mass is 196 g/mol. The van der Waals surface area contributed by atoms with Crippen molar-refractivity contribution in [1.29, 1.82) is 0 Å². The molecule has 0 fully saturated rings. The first-order valence-electron chi connectivity index (χ1n) is 4.05. The second kappa shape index (κ2) is 3.01. The number of benzene rings is 1. The van der Waals surface area contributed by atoms with Crippen LogP contribution in [0, 0.1) is 24.7 Å². The summed E-state index contributed by atoms with van der Waals surface area (Å²) in [4.78, 5) is 22.4. The second-order valence-electron chi connectivity index (χ2n) is 2.91. The van der Waals surface area contributed by atoms with Crippen LogP contribution in [0.5, 0.6) is 0 Å². The molecule has 1 aliphatic heterocycles. The molecule has 1 aromatic rings. The molecule has 0 amide bonds. The zero-order valence-corrected chi connectivity index (χ0v) is 7.53. The Hall–Kier alpha value is -2.52. The van der Waals surface area contributed by atoms with E-state index in [9.17, 15) is 9.59 Å². The van der Waals surface area contributed by atoms with E-state index in [-0.39, 0.29) is 11.1 Å². The highest BCUT2D eigenvalue weighted by Gasteiger charge is 2.30. The van der Waals surface area contributed by atoms with Crippen LogP contribution in [0.15, 0.2) is 12.1 Å². The molecule has 70 valence electrons. The molecular formula is C12H4O3. The summed E-state index contributed by atoms with van der Waals surface area (Å²) in [5, 5.41) is 0. The molecule has 2 rings (SSSR count). The lowest BCUT2D eigenvalue weighted by atomic mass is 10.0. The van der Waals surface area contributed by atoms with Crippen LogP contribution in [0.2, 0.25) is 0 Å². The van der Waals surface area contributed by atoms with Gasteiger partial charge >= 0.3 is 11.9 Å². The van der Waals surface area contributed by atoms with Crippen LogP contribution in [-0.4, -0.2) is 11.9 Å². The number of ether oxygens (including phenoxy) is 1. The highest BCUT2D eigenvalue weighted by atomic mass is 16.6. The average Bonchev–Trinajstić information content (AvgIpc) is 2.52. The maximum absolute atomic E-state index is 11.2. The summed E-state index contributed by atoms with van der Waals surface area (Å²) in [7, 11) is 0. The van der Waals surface area contributed by atoms with Gasteiger partial charge in [0, 0.05) is 11.1 Å². The number of carbonyl (C=O) groups excluding carboxylic acids is 2. The van der Waals surface area contributed by atoms with Crippen LogP contribution in [0.1, 0.15) is 31.8 Å². The molecule has 0 radical (unpaired) electrons. The lowest BCUT2D eigenvalue weighted by Crippen LogP contribution is -1.96. The van der Waals surface area contributed by atoms with Crippen molar-refractivity contribution in [2.24, 2.45) is 0 Å². The number of cyclic esters (lactones) is 2. The highest BCUT2D eigenvalue weighted by Crippen LogP contribution is 2.23. The molecular weight excluding hydrogens is 192 g/mol. The number of hydrogen-bond donors (Lipinski definition) is 0. The Labute approximate surface area is 86.1 Å². The minimum atomic E-state index is -0.685. The first-order chi connectivity index (χ1) is 7.17. The lowest BCUT2D eigenvalue weighted by Gasteiger charge is -1.98. The summed E-state index contributed by atoms with van der Waals surface area (Å²) in [6.45, 7) is 0. The number of terminal acetylenes is 2. The van der Waals surface area contributed by atoms with Crippen molar-refractivity contribution in [2.75, 3.05) is 0 Å². The molecule has 0 spiro atoms. The third-order valence-electron chi connectivity index (χ3n) is 2.09. The van der Waals surface area contributed by atoms with Gasteiger partial charge in [0.05, 0.1) is 11.1 Å². The van der Waals surface area contributed by atoms with Gasteiger partial charge in [-0.15, -0.1) is 12.8 Å². The quantitative estimate of drug-likeness (QED) is 0.352. The van der Waals surface area contributed by atoms with Gasteiger partial charge in [-0.3, -0.25) is 0 Å². The lowest BCUT2D eigenvalue weighted by molar-refractivity contribution is 0.0444. The largest absolute Gasteiger partial charge is 0.386 e. The minimum Gasteiger partial charge on any atom is -0.386 e. The number of esters is 2. The molecule has 15 heavy (non-hydrogen) atoms. The average molecular weight is 196 g/mol. The van der Waals surface area contributed by atoms with Crippen LogP contribution in [0.3, 0.4) is 0 Å². The van der Waals surface area contributed by atoms with Gasteiger partial charge in [0.25, 0.3) is 0 Å². The van der Waals surface area contributed by atoms with E-state index >= 15 is 0 Å². The van der Waals surface area contributed by atoms with E-state index in [1.54, 1.807) is 0 Å². The van der Waals surface area contributed by atoms with Crippen LogP contribution in [0.25, 0.3) is 0 Å². The summed E-state index contributed by atoms with van der Waals surface area (Å²) in [6, 6.07) is 2.80. The van der Waals surface area contributed by atoms with Gasteiger partial charge in [-0.25, -0.2) is 9.59 Å². The van der Waals surface area contributed by atoms with Crippen LogP contribution in [-0.2, 0) is 4.74 Å². The number of hydrogen-bond acceptors (Lipinski definition) is 3. The van der Waals surface area contributed by atoms with E-state index in [4.69, 9.17) is 12.8 Å². The van der Waals surface area contributed by atoms with Crippen LogP contribution in [0.4, 0.5) is 0 Å². The van der Waals surface area contributed by atoms with Crippen molar-refractivity contribution in [3.05, 3.63) is 34.4 Å². The standard InChI is InChI=1S/C12H4O3/c1-3-7-5-9-10(6-8(7)4-2)12(14)15-11(9)13/h1-2,5-6H. The van der Waals surface area contributed by atoms with Crippen LogP contribution >= 0.6 is 0 Å². The summed E-state index contributed by atoms with van der Waals surface area (Å²) in [5.41, 5.74) is 1.16. The van der Waals surface area contributed by atoms with E-state index in [2.05, 4.69) is 16.6 Å². The Balaban J connectivity index is 2.77. The minimum absolute atomic E-state index is 0.173. The third-order valence-corrected chi connectivity index (χ3v) is 2.09. The van der Waals surface area contributed by atoms with Crippen LogP contribution < -0.4 is 0 Å². The molecule has 3 nitrogen and oxygen atoms in total. The molecule has 0 aromatic heterocycles. The molecule has 1 aliphatic rings. The van der Waals surface area contributed by atoms with Gasteiger partial charge in [0.2, 0.25) is 0 Å². The van der Waals surface area contributed by atoms with Gasteiger partial charge in [0.15, 0.2) is 0 Å². The normalized spacial score (nSPS) is 12.7. The van der Waals surface area contributed by atoms with Crippen molar-refractivity contribution in [2.45, 2.75) is 0 Å². The predicted molar refractivity (Wildman–Crippen MR) is 52.1 cm³/mol. The zero-order valence-electron chi connectivity index (χ0n) is 7.53. The first kappa shape index (κ1) is 9.05. The van der Waals surface area contributed by atoms with Gasteiger partial charge in [-0.2, -0.15) is 0 Å². The van der Waals surface area contributed by atoms with E-state index in [1.165, 1.54) is 12.1 Å². The maximum atomic E-state index is 11.2. The number of fused-ring (bicyclic) bond motifs is 1. The SMILES string of the molecule is C#Cc1cc2c(cc1C#C)C(=O)OC2=O. The zero-order chi connectivity index (χ0) is 11.0. The number of rotatable bonds is 0. The second-order valence-corrected chi connectivity index (χ2v) is 2.91. The van der Waals surface area contributed by atoms with E-state index in [0.717, 1.165) is 0 Å². The summed E-state index contributed by atoms with van der Waals surface area (Å²) in [5.74, 6) is 3.33. The molecule has 3 heteroatoms. The molecule has 0 saturated carbocycles. The highest BCUT2D eigenvalue weighted by molar-refractivity contribution is 6.15. The molecule has 0 bridgehead atoms. The van der Waals surface area contributed by atoms with Crippen molar-refractivity contribution in [3.63, 3.8) is 0 Å². The fourth-order valence-corrected chi connectivity index (χ4v) is 1.37. The van der Waals surface area contributed by atoms with E-state index < -0.39 is 11.9 Å². The first-order valence-corrected chi connectivity index (χ1v) is 4.05. The fourth-order valence-electron chi connectivity index (χ4n) is 1.37. The molecule has 0 N–H and O–H groups in total. The van der Waals surface area contributed by atoms with E-state index in [1.807, 2.05) is 0 Å². The number of carbonyl (C=O) groups is 2. The van der Waals surface area contributed by atoms with Gasteiger partial charge in [0.1, 0.15) is 0 Å². The fraction of sp³-hybridized carbons (Fsp3) is 0. The topological polar surface area (TPSA) is 43.4 Å². The summed E-state index contributed by atoms with van der Waals surface area (Å²) >= 11 is 0. The molecule has 0 aliphatic carbocycles. The van der Waals surface area contributed by atoms with E-state index in [0.29, 0.717) is 11.1 Å². The summed E-state index contributed by atoms with van der Waals surface area (Å²) in [6.07, 6.45) is 10.4. The molecule has 0 atom stereocenters. The van der Waals surface area contributed by atoms with Gasteiger partial charge in [-0.05, 0) is 12.1 Å². The van der Waals surface area contributed by atoms with Crippen molar-refractivity contribution < 1.29 is 14.3 Å². The Morgan fingerprint density at radius 3 is 1.67 bits per heavy atom. The molecule has 1 heterocycles. The molecule has 0 unspecified atom stereocenters. The Bertz CT molecular complexity index is 517. The van der Waals surface area contributed by atoms with Gasteiger partial charge < -0.3 is 4.74 Å². The van der Waals surface area contributed by atoms with Crippen molar-refractivity contribution >= 4 is 11.9 Å². The third kappa shape index (κ3) is 1.19. The Kier molecular flexibility index (Phi) is 1.81. The molecule has 1 aromatic carbocycles. The maximum Gasteiger partial charge on any atom is 0.346 e.